The lowest BCUT2D eigenvalue weighted by Gasteiger charge is -2.21. The van der Waals surface area contributed by atoms with Crippen LogP contribution in [0, 0.1) is 5.92 Å². The van der Waals surface area contributed by atoms with E-state index in [1.807, 2.05) is 12.1 Å². The number of nitrogens with one attached hydrogen (secondary N) is 1. The third-order valence-corrected chi connectivity index (χ3v) is 4.04. The molecule has 1 N–H and O–H groups in total. The molecule has 0 fully saturated rings. The molecule has 1 heterocycles. The average Bonchev–Trinajstić information content (AvgIpc) is 2.45. The maximum Gasteiger partial charge on any atom is 0.179 e. The van der Waals surface area contributed by atoms with E-state index in [4.69, 9.17) is 21.1 Å². The average molecular weight is 298 g/mol. The van der Waals surface area contributed by atoms with Gasteiger partial charge in [0, 0.05) is 12.6 Å². The molecule has 1 aliphatic rings. The van der Waals surface area contributed by atoms with Gasteiger partial charge in [0.25, 0.3) is 0 Å². The molecule has 20 heavy (non-hydrogen) atoms. The van der Waals surface area contributed by atoms with Gasteiger partial charge in [-0.2, -0.15) is 0 Å². The summed E-state index contributed by atoms with van der Waals surface area (Å²) in [6.45, 7) is 8.71. The first kappa shape index (κ1) is 15.5. The van der Waals surface area contributed by atoms with Crippen LogP contribution in [0.15, 0.2) is 12.1 Å². The Morgan fingerprint density at radius 1 is 1.25 bits per heavy atom. The second kappa shape index (κ2) is 7.19. The number of ether oxygens (including phenoxy) is 2. The van der Waals surface area contributed by atoms with E-state index in [0.717, 1.165) is 23.8 Å². The molecule has 4 heteroatoms. The minimum absolute atomic E-state index is 0.497. The Kier molecular flexibility index (Phi) is 5.55. The summed E-state index contributed by atoms with van der Waals surface area (Å²) in [7, 11) is 0. The molecule has 0 aliphatic carbocycles. The second-order valence-electron chi connectivity index (χ2n) is 5.63. The molecule has 3 nitrogen and oxygen atoms in total. The van der Waals surface area contributed by atoms with E-state index in [-0.39, 0.29) is 0 Å². The molecule has 0 radical (unpaired) electrons. The van der Waals surface area contributed by atoms with Gasteiger partial charge in [0.05, 0.1) is 5.02 Å². The second-order valence-corrected chi connectivity index (χ2v) is 6.04. The summed E-state index contributed by atoms with van der Waals surface area (Å²) < 4.78 is 11.1. The number of fused-ring (bicyclic) bond motifs is 1. The van der Waals surface area contributed by atoms with E-state index in [1.165, 1.54) is 12.8 Å². The lowest BCUT2D eigenvalue weighted by atomic mass is 10.0. The Hall–Kier alpha value is -0.930. The van der Waals surface area contributed by atoms with Crippen LogP contribution in [0.5, 0.6) is 11.5 Å². The van der Waals surface area contributed by atoms with Crippen molar-refractivity contribution in [1.82, 2.24) is 5.32 Å². The van der Waals surface area contributed by atoms with Gasteiger partial charge in [0.2, 0.25) is 0 Å². The lowest BCUT2D eigenvalue weighted by molar-refractivity contribution is 0.171. The first-order chi connectivity index (χ1) is 9.60. The first-order valence-corrected chi connectivity index (χ1v) is 7.79. The Labute approximate surface area is 126 Å². The smallest absolute Gasteiger partial charge is 0.179 e. The summed E-state index contributed by atoms with van der Waals surface area (Å²) >= 11 is 6.24. The maximum absolute atomic E-state index is 6.24. The number of rotatable bonds is 6. The highest BCUT2D eigenvalue weighted by atomic mass is 35.5. The van der Waals surface area contributed by atoms with Crippen LogP contribution in [-0.4, -0.2) is 19.3 Å². The predicted octanol–water partition coefficient (Wildman–Crippen LogP) is 4.03. The Morgan fingerprint density at radius 2 is 2.00 bits per heavy atom. The zero-order chi connectivity index (χ0) is 14.5. The molecule has 112 valence electrons. The van der Waals surface area contributed by atoms with Crippen LogP contribution >= 0.6 is 11.6 Å². The van der Waals surface area contributed by atoms with Gasteiger partial charge in [-0.15, -0.1) is 0 Å². The third kappa shape index (κ3) is 4.03. The zero-order valence-corrected chi connectivity index (χ0v) is 13.3. The molecule has 0 saturated heterocycles. The molecular formula is C16H24ClNO2. The lowest BCUT2D eigenvalue weighted by Crippen LogP contribution is -2.27. The molecule has 1 aromatic carbocycles. The van der Waals surface area contributed by atoms with E-state index in [1.54, 1.807) is 0 Å². The Morgan fingerprint density at radius 3 is 2.75 bits per heavy atom. The van der Waals surface area contributed by atoms with Crippen LogP contribution in [0.4, 0.5) is 0 Å². The van der Waals surface area contributed by atoms with Gasteiger partial charge in [-0.25, -0.2) is 0 Å². The quantitative estimate of drug-likeness (QED) is 0.860. The van der Waals surface area contributed by atoms with Crippen molar-refractivity contribution in [2.75, 3.05) is 13.2 Å². The van der Waals surface area contributed by atoms with Gasteiger partial charge < -0.3 is 14.8 Å². The summed E-state index contributed by atoms with van der Waals surface area (Å²) in [5.41, 5.74) is 1.13. The van der Waals surface area contributed by atoms with Gasteiger partial charge >= 0.3 is 0 Å². The maximum atomic E-state index is 6.24. The minimum Gasteiger partial charge on any atom is -0.486 e. The van der Waals surface area contributed by atoms with Crippen LogP contribution < -0.4 is 14.8 Å². The minimum atomic E-state index is 0.497. The van der Waals surface area contributed by atoms with Gasteiger partial charge in [-0.3, -0.25) is 0 Å². The highest BCUT2D eigenvalue weighted by Gasteiger charge is 2.16. The van der Waals surface area contributed by atoms with E-state index < -0.39 is 0 Å². The van der Waals surface area contributed by atoms with Crippen molar-refractivity contribution in [2.45, 2.75) is 46.2 Å². The summed E-state index contributed by atoms with van der Waals surface area (Å²) in [4.78, 5) is 0. The highest BCUT2D eigenvalue weighted by molar-refractivity contribution is 6.32. The van der Waals surface area contributed by atoms with Gasteiger partial charge in [-0.1, -0.05) is 31.9 Å². The van der Waals surface area contributed by atoms with Gasteiger partial charge in [-0.05, 0) is 37.0 Å². The van der Waals surface area contributed by atoms with Crippen molar-refractivity contribution in [2.24, 2.45) is 5.92 Å². The summed E-state index contributed by atoms with van der Waals surface area (Å²) in [6, 6.07) is 4.47. The van der Waals surface area contributed by atoms with Gasteiger partial charge in [0.15, 0.2) is 11.5 Å². The topological polar surface area (TPSA) is 30.5 Å². The first-order valence-electron chi connectivity index (χ1n) is 7.41. The van der Waals surface area contributed by atoms with Crippen LogP contribution in [0.25, 0.3) is 0 Å². The molecule has 1 aromatic rings. The molecule has 1 aliphatic heterocycles. The van der Waals surface area contributed by atoms with Crippen LogP contribution in [0.3, 0.4) is 0 Å². The van der Waals surface area contributed by atoms with Crippen LogP contribution in [0.1, 0.15) is 39.2 Å². The largest absolute Gasteiger partial charge is 0.486 e. The van der Waals surface area contributed by atoms with E-state index in [9.17, 15) is 0 Å². The number of hydrogen-bond acceptors (Lipinski definition) is 3. The predicted molar refractivity (Wildman–Crippen MR) is 82.8 cm³/mol. The van der Waals surface area contributed by atoms with E-state index >= 15 is 0 Å². The summed E-state index contributed by atoms with van der Waals surface area (Å²) in [6.07, 6.45) is 2.41. The summed E-state index contributed by atoms with van der Waals surface area (Å²) in [5, 5.41) is 4.18. The molecule has 0 saturated carbocycles. The standard InChI is InChI=1S/C16H24ClNO2/c1-4-11(2)7-12(3)18-10-13-8-14(17)16-15(9-13)19-5-6-20-16/h8-9,11-12,18H,4-7,10H2,1-3H3. The normalized spacial score (nSPS) is 16.8. The fourth-order valence-corrected chi connectivity index (χ4v) is 2.70. The van der Waals surface area contributed by atoms with Crippen LogP contribution in [-0.2, 0) is 6.54 Å². The van der Waals surface area contributed by atoms with Crippen molar-refractivity contribution >= 4 is 11.6 Å². The van der Waals surface area contributed by atoms with Crippen molar-refractivity contribution in [3.8, 4) is 11.5 Å². The molecule has 2 rings (SSSR count). The van der Waals surface area contributed by atoms with Crippen LogP contribution in [0.2, 0.25) is 5.02 Å². The third-order valence-electron chi connectivity index (χ3n) is 3.76. The van der Waals surface area contributed by atoms with Crippen molar-refractivity contribution in [3.05, 3.63) is 22.7 Å². The van der Waals surface area contributed by atoms with E-state index in [0.29, 0.717) is 30.0 Å². The molecular weight excluding hydrogens is 274 g/mol. The number of halogens is 1. The molecule has 0 aromatic heterocycles. The fraction of sp³-hybridized carbons (Fsp3) is 0.625. The zero-order valence-electron chi connectivity index (χ0n) is 12.5. The molecule has 0 spiro atoms. The Balaban J connectivity index is 1.95. The molecule has 2 unspecified atom stereocenters. The fourth-order valence-electron chi connectivity index (χ4n) is 2.41. The van der Waals surface area contributed by atoms with Crippen molar-refractivity contribution in [1.29, 1.82) is 0 Å². The van der Waals surface area contributed by atoms with Crippen molar-refractivity contribution in [3.63, 3.8) is 0 Å². The molecule has 2 atom stereocenters. The Bertz CT molecular complexity index is 450. The summed E-state index contributed by atoms with van der Waals surface area (Å²) in [5.74, 6) is 2.19. The SMILES string of the molecule is CCC(C)CC(C)NCc1cc(Cl)c2c(c1)OCCO2. The molecule has 0 bridgehead atoms. The monoisotopic (exact) mass is 297 g/mol. The molecule has 0 amide bonds. The highest BCUT2D eigenvalue weighted by Crippen LogP contribution is 2.38. The van der Waals surface area contributed by atoms with Gasteiger partial charge in [0.1, 0.15) is 13.2 Å². The van der Waals surface area contributed by atoms with E-state index in [2.05, 4.69) is 26.1 Å². The number of benzene rings is 1. The van der Waals surface area contributed by atoms with Crippen molar-refractivity contribution < 1.29 is 9.47 Å². The number of hydrogen-bond donors (Lipinski definition) is 1.